The Morgan fingerprint density at radius 1 is 1.17 bits per heavy atom. The first-order chi connectivity index (χ1) is 11.5. The number of carbonyl (C=O) groups excluding carboxylic acids is 1. The second kappa shape index (κ2) is 9.22. The van der Waals surface area contributed by atoms with Crippen LogP contribution < -0.4 is 0 Å². The van der Waals surface area contributed by atoms with Gasteiger partial charge in [0.25, 0.3) is 5.97 Å². The van der Waals surface area contributed by atoms with E-state index in [0.29, 0.717) is 6.42 Å². The summed E-state index contributed by atoms with van der Waals surface area (Å²) < 4.78 is 27.0. The van der Waals surface area contributed by atoms with Gasteiger partial charge in [0.2, 0.25) is 0 Å². The van der Waals surface area contributed by atoms with Crippen molar-refractivity contribution >= 4 is 12.0 Å². The van der Waals surface area contributed by atoms with E-state index >= 15 is 0 Å². The van der Waals surface area contributed by atoms with Gasteiger partial charge in [0.15, 0.2) is 0 Å². The zero-order valence-electron chi connectivity index (χ0n) is 14.9. The summed E-state index contributed by atoms with van der Waals surface area (Å²) in [7, 11) is 7.18. The number of hydrogen-bond acceptors (Lipinski definition) is 9. The Morgan fingerprint density at radius 2 is 1.75 bits per heavy atom. The van der Waals surface area contributed by atoms with Crippen molar-refractivity contribution in [1.29, 1.82) is 0 Å². The highest BCUT2D eigenvalue weighted by Gasteiger charge is 2.64. The van der Waals surface area contributed by atoms with E-state index in [1.807, 2.05) is 0 Å². The van der Waals surface area contributed by atoms with Crippen molar-refractivity contribution in [3.8, 4) is 0 Å². The molecule has 0 aromatic rings. The van der Waals surface area contributed by atoms with Crippen molar-refractivity contribution in [3.63, 3.8) is 0 Å². The standard InChI is InChI=1S/C11H16O6.C3H6N2.CH4O/c1-11(14-3)16-8-6-4-5(10(12)13-2)7(15-6)9(8)17-11;1-4-3-5-2;1-2/h5-9H,4H2,1-3H3;1-2H3;2H,1H3/t5?,6?,7-,8?,9+,11?;;/m0../s1. The maximum atomic E-state index is 11.6. The minimum Gasteiger partial charge on any atom is -0.469 e. The fourth-order valence-electron chi connectivity index (χ4n) is 3.03. The normalized spacial score (nSPS) is 37.9. The highest BCUT2D eigenvalue weighted by molar-refractivity contribution is 5.74. The molecule has 3 aliphatic rings. The highest BCUT2D eigenvalue weighted by atomic mass is 16.9. The Hall–Kier alpha value is -1.35. The van der Waals surface area contributed by atoms with Crippen LogP contribution in [0, 0.1) is 5.92 Å². The predicted molar refractivity (Wildman–Crippen MR) is 83.8 cm³/mol. The van der Waals surface area contributed by atoms with Crippen LogP contribution in [0.2, 0.25) is 0 Å². The largest absolute Gasteiger partial charge is 0.469 e. The SMILES string of the molecule is CN=C=NC.CO.COC(=O)C1CC2O[C@@H]1[C@H]1OC(C)(OC)OC21. The van der Waals surface area contributed by atoms with E-state index in [1.165, 1.54) is 14.2 Å². The van der Waals surface area contributed by atoms with Gasteiger partial charge in [-0.2, -0.15) is 0 Å². The van der Waals surface area contributed by atoms with E-state index in [1.54, 1.807) is 21.0 Å². The van der Waals surface area contributed by atoms with E-state index < -0.39 is 5.97 Å². The number of methoxy groups -OCH3 is 2. The van der Waals surface area contributed by atoms with Crippen LogP contribution in [0.25, 0.3) is 0 Å². The lowest BCUT2D eigenvalue weighted by Gasteiger charge is -2.24. The lowest BCUT2D eigenvalue weighted by molar-refractivity contribution is -0.329. The maximum absolute atomic E-state index is 11.6. The third kappa shape index (κ3) is 4.18. The molecule has 3 heterocycles. The Labute approximate surface area is 141 Å². The molecule has 4 unspecified atom stereocenters. The zero-order chi connectivity index (χ0) is 18.3. The van der Waals surface area contributed by atoms with Crippen LogP contribution in [-0.2, 0) is 28.5 Å². The molecule has 6 atom stereocenters. The van der Waals surface area contributed by atoms with Gasteiger partial charge in [-0.1, -0.05) is 0 Å². The number of rotatable bonds is 2. The number of fused-ring (bicyclic) bond motifs is 5. The van der Waals surface area contributed by atoms with Crippen LogP contribution >= 0.6 is 0 Å². The molecule has 138 valence electrons. The van der Waals surface area contributed by atoms with Gasteiger partial charge in [-0.15, -0.1) is 0 Å². The van der Waals surface area contributed by atoms with Crippen molar-refractivity contribution in [2.24, 2.45) is 15.9 Å². The number of aliphatic hydroxyl groups excluding tert-OH is 1. The fourth-order valence-corrected chi connectivity index (χ4v) is 3.03. The van der Waals surface area contributed by atoms with E-state index in [0.717, 1.165) is 7.11 Å². The molecule has 3 rings (SSSR count). The van der Waals surface area contributed by atoms with E-state index in [4.69, 9.17) is 28.8 Å². The molecule has 0 aliphatic carbocycles. The molecule has 3 saturated heterocycles. The molecular formula is C15H26N2O7. The number of nitrogens with zero attached hydrogens (tertiary/aromatic N) is 2. The molecule has 1 N–H and O–H groups in total. The van der Waals surface area contributed by atoms with Gasteiger partial charge in [-0.05, 0) is 6.42 Å². The number of esters is 1. The molecule has 0 amide bonds. The number of aliphatic imine (C=N–C) groups is 2. The number of hydrogen-bond donors (Lipinski definition) is 1. The van der Waals surface area contributed by atoms with Crippen molar-refractivity contribution in [2.45, 2.75) is 43.7 Å². The molecule has 2 bridgehead atoms. The summed E-state index contributed by atoms with van der Waals surface area (Å²) in [6.45, 7) is 1.72. The Kier molecular flexibility index (Phi) is 7.95. The lowest BCUT2D eigenvalue weighted by Crippen LogP contribution is -2.42. The summed E-state index contributed by atoms with van der Waals surface area (Å²) in [5.74, 6) is -1.53. The minimum absolute atomic E-state index is 0.105. The van der Waals surface area contributed by atoms with Gasteiger partial charge in [0.05, 0.1) is 25.1 Å². The first kappa shape index (κ1) is 20.7. The summed E-state index contributed by atoms with van der Waals surface area (Å²) in [6, 6.07) is 2.36. The van der Waals surface area contributed by atoms with Crippen molar-refractivity contribution in [1.82, 2.24) is 0 Å². The molecule has 0 saturated carbocycles. The fraction of sp³-hybridized carbons (Fsp3) is 0.867. The average molecular weight is 346 g/mol. The number of carbonyl (C=O) groups is 1. The van der Waals surface area contributed by atoms with Crippen LogP contribution in [0.15, 0.2) is 9.98 Å². The molecule has 0 aromatic heterocycles. The number of aliphatic hydroxyl groups is 1. The molecule has 24 heavy (non-hydrogen) atoms. The smallest absolute Gasteiger partial charge is 0.311 e. The summed E-state index contributed by atoms with van der Waals surface area (Å²) in [5.41, 5.74) is 0. The molecule has 0 radical (unpaired) electrons. The van der Waals surface area contributed by atoms with E-state index in [-0.39, 0.29) is 36.3 Å². The van der Waals surface area contributed by atoms with Crippen LogP contribution in [0.3, 0.4) is 0 Å². The Bertz CT molecular complexity index is 474. The lowest BCUT2D eigenvalue weighted by atomic mass is 9.85. The summed E-state index contributed by atoms with van der Waals surface area (Å²) in [4.78, 5) is 18.5. The first-order valence-corrected chi connectivity index (χ1v) is 7.51. The zero-order valence-corrected chi connectivity index (χ0v) is 14.9. The minimum atomic E-state index is -1.03. The van der Waals surface area contributed by atoms with Crippen LogP contribution in [0.5, 0.6) is 0 Å². The topological polar surface area (TPSA) is 108 Å². The summed E-state index contributed by atoms with van der Waals surface area (Å²) >= 11 is 0. The monoisotopic (exact) mass is 346 g/mol. The van der Waals surface area contributed by atoms with Gasteiger partial charge in [0.1, 0.15) is 18.3 Å². The van der Waals surface area contributed by atoms with Crippen molar-refractivity contribution < 1.29 is 33.6 Å². The van der Waals surface area contributed by atoms with E-state index in [9.17, 15) is 4.79 Å². The Balaban J connectivity index is 0.000000356. The maximum Gasteiger partial charge on any atom is 0.311 e. The van der Waals surface area contributed by atoms with Gasteiger partial charge in [-0.3, -0.25) is 4.79 Å². The van der Waals surface area contributed by atoms with Gasteiger partial charge >= 0.3 is 5.97 Å². The molecule has 0 aromatic carbocycles. The number of ether oxygens (including phenoxy) is 5. The van der Waals surface area contributed by atoms with Gasteiger partial charge in [-0.25, -0.2) is 9.98 Å². The second-order valence-electron chi connectivity index (χ2n) is 5.28. The molecule has 9 nitrogen and oxygen atoms in total. The molecule has 9 heteroatoms. The van der Waals surface area contributed by atoms with Gasteiger partial charge < -0.3 is 28.8 Å². The van der Waals surface area contributed by atoms with E-state index in [2.05, 4.69) is 16.0 Å². The third-order valence-corrected chi connectivity index (χ3v) is 4.00. The quantitative estimate of drug-likeness (QED) is 0.557. The Morgan fingerprint density at radius 3 is 2.21 bits per heavy atom. The van der Waals surface area contributed by atoms with Crippen molar-refractivity contribution in [2.75, 3.05) is 35.4 Å². The molecule has 3 aliphatic heterocycles. The first-order valence-electron chi connectivity index (χ1n) is 7.51. The third-order valence-electron chi connectivity index (χ3n) is 4.00. The van der Waals surface area contributed by atoms with Crippen LogP contribution in [0.4, 0.5) is 0 Å². The van der Waals surface area contributed by atoms with Crippen LogP contribution in [0.1, 0.15) is 13.3 Å². The molecular weight excluding hydrogens is 320 g/mol. The molecule has 0 spiro atoms. The summed E-state index contributed by atoms with van der Waals surface area (Å²) in [6.07, 6.45) is -0.157. The second-order valence-corrected chi connectivity index (χ2v) is 5.28. The summed E-state index contributed by atoms with van der Waals surface area (Å²) in [5, 5.41) is 7.00. The van der Waals surface area contributed by atoms with Crippen LogP contribution in [-0.4, -0.2) is 82.9 Å². The van der Waals surface area contributed by atoms with Gasteiger partial charge in [0, 0.05) is 35.2 Å². The highest BCUT2D eigenvalue weighted by Crippen LogP contribution is 2.48. The van der Waals surface area contributed by atoms with Crippen molar-refractivity contribution in [3.05, 3.63) is 0 Å². The predicted octanol–water partition coefficient (Wildman–Crippen LogP) is 0.0792. The average Bonchev–Trinajstić information content (AvgIpc) is 3.27. The molecule has 3 fully saturated rings.